The van der Waals surface area contributed by atoms with Gasteiger partial charge in [-0.05, 0) is 30.7 Å². The van der Waals surface area contributed by atoms with Crippen LogP contribution in [0.15, 0.2) is 30.5 Å². The summed E-state index contributed by atoms with van der Waals surface area (Å²) < 4.78 is 13.4. The van der Waals surface area contributed by atoms with Gasteiger partial charge >= 0.3 is 0 Å². The number of hydrogen-bond donors (Lipinski definition) is 2. The summed E-state index contributed by atoms with van der Waals surface area (Å²) in [4.78, 5) is 4.11. The molecule has 0 atom stereocenters. The largest absolute Gasteiger partial charge is 0.396 e. The number of aryl methyl sites for hydroxylation is 1. The molecular formula is C13H11FN4. The maximum Gasteiger partial charge on any atom is 0.153 e. The van der Waals surface area contributed by atoms with Gasteiger partial charge in [0.25, 0.3) is 0 Å². The first-order valence-corrected chi connectivity index (χ1v) is 5.29. The SMILES string of the molecule is Cc1cnc(Nc2cccc(F)c2C#N)c(N)c1. The normalized spacial score (nSPS) is 9.83. The molecule has 3 N–H and O–H groups in total. The number of nitrogens with zero attached hydrogens (tertiary/aromatic N) is 2. The summed E-state index contributed by atoms with van der Waals surface area (Å²) in [6.45, 7) is 1.87. The second kappa shape index (κ2) is 4.72. The molecular weight excluding hydrogens is 231 g/mol. The lowest BCUT2D eigenvalue weighted by Crippen LogP contribution is -2.02. The van der Waals surface area contributed by atoms with Crippen molar-refractivity contribution >= 4 is 17.2 Å². The number of nitrogens with two attached hydrogens (primary N) is 1. The highest BCUT2D eigenvalue weighted by molar-refractivity contribution is 5.72. The summed E-state index contributed by atoms with van der Waals surface area (Å²) in [7, 11) is 0. The van der Waals surface area contributed by atoms with Crippen molar-refractivity contribution in [2.24, 2.45) is 0 Å². The second-order valence-corrected chi connectivity index (χ2v) is 3.85. The number of pyridine rings is 1. The van der Waals surface area contributed by atoms with E-state index in [0.29, 0.717) is 17.2 Å². The van der Waals surface area contributed by atoms with Crippen molar-refractivity contribution in [1.29, 1.82) is 5.26 Å². The number of benzene rings is 1. The van der Waals surface area contributed by atoms with E-state index < -0.39 is 5.82 Å². The van der Waals surface area contributed by atoms with Crippen LogP contribution < -0.4 is 11.1 Å². The minimum atomic E-state index is -0.576. The molecule has 0 fully saturated rings. The number of hydrogen-bond acceptors (Lipinski definition) is 4. The van der Waals surface area contributed by atoms with Gasteiger partial charge in [-0.1, -0.05) is 6.07 Å². The molecule has 0 saturated carbocycles. The molecule has 4 nitrogen and oxygen atoms in total. The number of nitrogen functional groups attached to an aromatic ring is 1. The fourth-order valence-electron chi connectivity index (χ4n) is 1.57. The van der Waals surface area contributed by atoms with Crippen LogP contribution in [-0.2, 0) is 0 Å². The second-order valence-electron chi connectivity index (χ2n) is 3.85. The van der Waals surface area contributed by atoms with Crippen LogP contribution in [0.4, 0.5) is 21.6 Å². The fraction of sp³-hybridized carbons (Fsp3) is 0.0769. The Kier molecular flexibility index (Phi) is 3.11. The first-order valence-electron chi connectivity index (χ1n) is 5.29. The van der Waals surface area contributed by atoms with Gasteiger partial charge in [-0.15, -0.1) is 0 Å². The molecule has 1 aromatic heterocycles. The van der Waals surface area contributed by atoms with E-state index in [4.69, 9.17) is 11.0 Å². The Bertz CT molecular complexity index is 631. The Labute approximate surface area is 104 Å². The maximum atomic E-state index is 13.4. The summed E-state index contributed by atoms with van der Waals surface area (Å²) in [5.74, 6) is -0.170. The van der Waals surface area contributed by atoms with Crippen LogP contribution in [0, 0.1) is 24.1 Å². The zero-order valence-corrected chi connectivity index (χ0v) is 9.74. The Morgan fingerprint density at radius 1 is 1.44 bits per heavy atom. The third-order valence-corrected chi connectivity index (χ3v) is 2.43. The standard InChI is InChI=1S/C13H11FN4/c1-8-5-11(16)13(17-7-8)18-12-4-2-3-10(14)9(12)6-15/h2-5,7H,16H2,1H3,(H,17,18). The molecule has 90 valence electrons. The Balaban J connectivity index is 2.41. The van der Waals surface area contributed by atoms with E-state index in [1.54, 1.807) is 18.3 Å². The topological polar surface area (TPSA) is 74.7 Å². The summed E-state index contributed by atoms with van der Waals surface area (Å²) in [6, 6.07) is 7.91. The van der Waals surface area contributed by atoms with Gasteiger partial charge in [0.1, 0.15) is 17.4 Å². The van der Waals surface area contributed by atoms with Gasteiger partial charge in [-0.3, -0.25) is 0 Å². The number of rotatable bonds is 2. The highest BCUT2D eigenvalue weighted by atomic mass is 19.1. The van der Waals surface area contributed by atoms with Gasteiger partial charge in [-0.25, -0.2) is 9.37 Å². The van der Waals surface area contributed by atoms with E-state index in [9.17, 15) is 4.39 Å². The molecule has 2 rings (SSSR count). The minimum Gasteiger partial charge on any atom is -0.396 e. The van der Waals surface area contributed by atoms with E-state index >= 15 is 0 Å². The Morgan fingerprint density at radius 2 is 2.22 bits per heavy atom. The monoisotopic (exact) mass is 242 g/mol. The molecule has 18 heavy (non-hydrogen) atoms. The first-order chi connectivity index (χ1) is 8.61. The molecule has 0 spiro atoms. The third-order valence-electron chi connectivity index (χ3n) is 2.43. The summed E-state index contributed by atoms with van der Waals surface area (Å²) in [6.07, 6.45) is 1.64. The lowest BCUT2D eigenvalue weighted by molar-refractivity contribution is 0.624. The molecule has 0 saturated heterocycles. The van der Waals surface area contributed by atoms with Crippen molar-refractivity contribution in [1.82, 2.24) is 4.98 Å². The first kappa shape index (κ1) is 11.9. The highest BCUT2D eigenvalue weighted by Gasteiger charge is 2.09. The molecule has 0 amide bonds. The van der Waals surface area contributed by atoms with Crippen LogP contribution in [0.25, 0.3) is 0 Å². The molecule has 0 aliphatic rings. The molecule has 0 radical (unpaired) electrons. The predicted molar refractivity (Wildman–Crippen MR) is 67.8 cm³/mol. The van der Waals surface area contributed by atoms with E-state index in [1.165, 1.54) is 12.1 Å². The average molecular weight is 242 g/mol. The van der Waals surface area contributed by atoms with Crippen molar-refractivity contribution in [2.45, 2.75) is 6.92 Å². The molecule has 2 aromatic rings. The lowest BCUT2D eigenvalue weighted by Gasteiger charge is -2.10. The van der Waals surface area contributed by atoms with Gasteiger partial charge in [0.05, 0.1) is 11.4 Å². The van der Waals surface area contributed by atoms with E-state index in [-0.39, 0.29) is 5.56 Å². The van der Waals surface area contributed by atoms with E-state index in [1.807, 2.05) is 13.0 Å². The van der Waals surface area contributed by atoms with Crippen LogP contribution in [0.2, 0.25) is 0 Å². The Morgan fingerprint density at radius 3 is 2.89 bits per heavy atom. The number of halogens is 1. The third kappa shape index (κ3) is 2.23. The van der Waals surface area contributed by atoms with Crippen LogP contribution in [-0.4, -0.2) is 4.98 Å². The number of aromatic nitrogens is 1. The van der Waals surface area contributed by atoms with Gasteiger partial charge in [0.15, 0.2) is 5.82 Å². The van der Waals surface area contributed by atoms with Gasteiger partial charge in [0, 0.05) is 6.20 Å². The summed E-state index contributed by atoms with van der Waals surface area (Å²) in [5.41, 5.74) is 7.46. The van der Waals surface area contributed by atoms with Crippen LogP contribution >= 0.6 is 0 Å². The molecule has 1 aromatic carbocycles. The van der Waals surface area contributed by atoms with Gasteiger partial charge in [0.2, 0.25) is 0 Å². The number of nitrogens with one attached hydrogen (secondary N) is 1. The maximum absolute atomic E-state index is 13.4. The van der Waals surface area contributed by atoms with E-state index in [0.717, 1.165) is 5.56 Å². The fourth-order valence-corrected chi connectivity index (χ4v) is 1.57. The molecule has 0 unspecified atom stereocenters. The average Bonchev–Trinajstić information content (AvgIpc) is 2.33. The van der Waals surface area contributed by atoms with Crippen molar-refractivity contribution in [2.75, 3.05) is 11.1 Å². The summed E-state index contributed by atoms with van der Waals surface area (Å²) in [5, 5.41) is 11.8. The lowest BCUT2D eigenvalue weighted by atomic mass is 10.2. The van der Waals surface area contributed by atoms with Crippen LogP contribution in [0.5, 0.6) is 0 Å². The zero-order chi connectivity index (χ0) is 13.1. The zero-order valence-electron chi connectivity index (χ0n) is 9.74. The molecule has 0 aliphatic carbocycles. The minimum absolute atomic E-state index is 0.0562. The van der Waals surface area contributed by atoms with Gasteiger partial charge < -0.3 is 11.1 Å². The van der Waals surface area contributed by atoms with Crippen LogP contribution in [0.1, 0.15) is 11.1 Å². The number of nitriles is 1. The number of anilines is 3. The molecule has 1 heterocycles. The van der Waals surface area contributed by atoms with E-state index in [2.05, 4.69) is 10.3 Å². The summed E-state index contributed by atoms with van der Waals surface area (Å²) >= 11 is 0. The van der Waals surface area contributed by atoms with Crippen molar-refractivity contribution in [3.05, 3.63) is 47.4 Å². The predicted octanol–water partition coefficient (Wildman–Crippen LogP) is 2.73. The Hall–Kier alpha value is -2.61. The smallest absolute Gasteiger partial charge is 0.153 e. The van der Waals surface area contributed by atoms with Crippen LogP contribution in [0.3, 0.4) is 0 Å². The molecule has 5 heteroatoms. The molecule has 0 aliphatic heterocycles. The molecule has 0 bridgehead atoms. The quantitative estimate of drug-likeness (QED) is 0.849. The van der Waals surface area contributed by atoms with Crippen molar-refractivity contribution < 1.29 is 4.39 Å². The van der Waals surface area contributed by atoms with Gasteiger partial charge in [-0.2, -0.15) is 5.26 Å². The van der Waals surface area contributed by atoms with Crippen molar-refractivity contribution in [3.63, 3.8) is 0 Å². The van der Waals surface area contributed by atoms with Crippen molar-refractivity contribution in [3.8, 4) is 6.07 Å². The highest BCUT2D eigenvalue weighted by Crippen LogP contribution is 2.25.